The first-order valence-electron chi connectivity index (χ1n) is 18.5. The Morgan fingerprint density at radius 2 is 1.71 bits per heavy atom. The van der Waals surface area contributed by atoms with Gasteiger partial charge in [0.1, 0.15) is 35.9 Å². The molecule has 2 saturated heterocycles. The Balaban J connectivity index is 1.30. The molecule has 1 aromatic heterocycles. The quantitative estimate of drug-likeness (QED) is 0.148. The molecule has 288 valence electrons. The number of nitrogens with zero attached hydrogens (tertiary/aromatic N) is 5. The Morgan fingerprint density at radius 3 is 2.33 bits per heavy atom. The van der Waals surface area contributed by atoms with Gasteiger partial charge in [-0.1, -0.05) is 27.7 Å². The molecule has 2 aliphatic heterocycles. The summed E-state index contributed by atoms with van der Waals surface area (Å²) in [5, 5.41) is 12.5. The van der Waals surface area contributed by atoms with Crippen molar-refractivity contribution < 1.29 is 23.2 Å². The summed E-state index contributed by atoms with van der Waals surface area (Å²) in [5.74, 6) is 0.368. The number of piperidine rings is 2. The number of carbonyl (C=O) groups excluding carboxylic acids is 3. The number of amides is 2. The molecule has 0 bridgehead atoms. The molecule has 1 unspecified atom stereocenters. The molecule has 2 fully saturated rings. The molecule has 0 radical (unpaired) electrons. The number of hydrogen-bond donors (Lipinski definition) is 4. The van der Waals surface area contributed by atoms with Gasteiger partial charge >= 0.3 is 0 Å². The molecule has 3 heterocycles. The van der Waals surface area contributed by atoms with Crippen molar-refractivity contribution in [3.63, 3.8) is 0 Å². The van der Waals surface area contributed by atoms with Gasteiger partial charge in [0.15, 0.2) is 0 Å². The van der Waals surface area contributed by atoms with Crippen molar-refractivity contribution in [1.29, 1.82) is 0 Å². The summed E-state index contributed by atoms with van der Waals surface area (Å²) in [5.41, 5.74) is -0.731. The number of likely N-dealkylation sites (N-methyl/N-ethyl adjacent to an activating group) is 1. The summed E-state index contributed by atoms with van der Waals surface area (Å²) in [6.07, 6.45) is 5.72. The summed E-state index contributed by atoms with van der Waals surface area (Å²) >= 11 is 0. The van der Waals surface area contributed by atoms with Crippen LogP contribution in [0.2, 0.25) is 0 Å². The molecule has 0 aliphatic carbocycles. The zero-order chi connectivity index (χ0) is 38.1. The van der Waals surface area contributed by atoms with Crippen LogP contribution in [0.3, 0.4) is 0 Å². The first kappa shape index (κ1) is 40.9. The number of hydrogen-bond acceptors (Lipinski definition) is 10. The lowest BCUT2D eigenvalue weighted by molar-refractivity contribution is -0.133. The molecule has 1 atom stereocenters. The highest BCUT2D eigenvalue weighted by Gasteiger charge is 2.38. The van der Waals surface area contributed by atoms with Crippen molar-refractivity contribution in [3.8, 4) is 0 Å². The Labute approximate surface area is 307 Å². The van der Waals surface area contributed by atoms with Gasteiger partial charge in [0.25, 0.3) is 0 Å². The SMILES string of the molecule is CNc1cc(N2CCC(CN(CC=O)c3cc(F)c(CN4CCC(C)(C(=O)NCCCC(=O)NC(C)C(C)(C)C)CC4)cc3F)(NC)CC2)ncn1. The number of benzene rings is 1. The van der Waals surface area contributed by atoms with Gasteiger partial charge in [-0.2, -0.15) is 0 Å². The second-order valence-corrected chi connectivity index (χ2v) is 15.8. The summed E-state index contributed by atoms with van der Waals surface area (Å²) < 4.78 is 31.4. The highest BCUT2D eigenvalue weighted by molar-refractivity contribution is 5.82. The van der Waals surface area contributed by atoms with Crippen LogP contribution >= 0.6 is 0 Å². The minimum atomic E-state index is -0.578. The minimum absolute atomic E-state index is 0.0223. The summed E-state index contributed by atoms with van der Waals surface area (Å²) in [4.78, 5) is 51.6. The van der Waals surface area contributed by atoms with E-state index in [-0.39, 0.29) is 47.6 Å². The van der Waals surface area contributed by atoms with Crippen LogP contribution in [0.25, 0.3) is 0 Å². The van der Waals surface area contributed by atoms with Gasteiger partial charge in [0.05, 0.1) is 12.2 Å². The van der Waals surface area contributed by atoms with E-state index in [0.717, 1.165) is 17.9 Å². The van der Waals surface area contributed by atoms with E-state index in [1.165, 1.54) is 18.5 Å². The van der Waals surface area contributed by atoms with Crippen LogP contribution in [-0.2, 0) is 20.9 Å². The standard InChI is InChI=1S/C38H59F2N9O3/c1-27(36(2,3)4)46-34(51)9-8-14-43-35(52)37(5)10-15-47(16-11-37)24-28-21-30(40)31(22-29(28)39)49(19-20-50)25-38(42-7)12-17-48(18-13-38)33-23-32(41-6)44-26-45-33/h20-23,26-27,42H,8-19,24-25H2,1-7H3,(H,43,52)(H,46,51)(H,41,44,45). The van der Waals surface area contributed by atoms with Crippen LogP contribution in [0.15, 0.2) is 24.5 Å². The molecule has 2 aromatic rings. The molecular formula is C38H59F2N9O3. The smallest absolute Gasteiger partial charge is 0.226 e. The van der Waals surface area contributed by atoms with Gasteiger partial charge in [-0.25, -0.2) is 18.7 Å². The number of halogens is 2. The molecule has 0 saturated carbocycles. The summed E-state index contributed by atoms with van der Waals surface area (Å²) in [6.45, 7) is 13.6. The fourth-order valence-corrected chi connectivity index (χ4v) is 6.82. The second-order valence-electron chi connectivity index (χ2n) is 15.8. The average molecular weight is 728 g/mol. The van der Waals surface area contributed by atoms with Crippen LogP contribution < -0.4 is 31.1 Å². The number of rotatable bonds is 16. The van der Waals surface area contributed by atoms with E-state index in [0.29, 0.717) is 77.8 Å². The number of anilines is 3. The molecule has 2 aliphatic rings. The van der Waals surface area contributed by atoms with E-state index in [1.807, 2.05) is 31.9 Å². The zero-order valence-corrected chi connectivity index (χ0v) is 32.1. The van der Waals surface area contributed by atoms with Crippen molar-refractivity contribution in [1.82, 2.24) is 30.8 Å². The Kier molecular flexibility index (Phi) is 13.9. The maximum atomic E-state index is 15.8. The fourth-order valence-electron chi connectivity index (χ4n) is 6.82. The van der Waals surface area contributed by atoms with E-state index in [1.54, 1.807) is 11.9 Å². The highest BCUT2D eigenvalue weighted by Crippen LogP contribution is 2.34. The Hall–Kier alpha value is -3.91. The predicted octanol–water partition coefficient (Wildman–Crippen LogP) is 4.11. The van der Waals surface area contributed by atoms with Gasteiger partial charge < -0.3 is 35.9 Å². The van der Waals surface area contributed by atoms with Crippen LogP contribution in [0, 0.1) is 22.5 Å². The Morgan fingerprint density at radius 1 is 1.02 bits per heavy atom. The van der Waals surface area contributed by atoms with E-state index in [2.05, 4.69) is 56.9 Å². The normalized spacial score (nSPS) is 18.0. The van der Waals surface area contributed by atoms with E-state index in [9.17, 15) is 14.4 Å². The lowest BCUT2D eigenvalue weighted by Gasteiger charge is -2.45. The van der Waals surface area contributed by atoms with Crippen LogP contribution in [-0.4, -0.2) is 104 Å². The van der Waals surface area contributed by atoms with Crippen molar-refractivity contribution in [2.75, 3.05) is 75.0 Å². The third-order valence-electron chi connectivity index (χ3n) is 11.2. The monoisotopic (exact) mass is 727 g/mol. The summed E-state index contributed by atoms with van der Waals surface area (Å²) in [7, 11) is 3.67. The molecule has 2 amide bonds. The number of aldehydes is 1. The fraction of sp³-hybridized carbons (Fsp3) is 0.658. The third kappa shape index (κ3) is 10.6. The number of carbonyl (C=O) groups is 3. The number of nitrogens with one attached hydrogen (secondary N) is 4. The van der Waals surface area contributed by atoms with Gasteiger partial charge in [0, 0.05) is 80.9 Å². The zero-order valence-electron chi connectivity index (χ0n) is 32.1. The molecule has 0 spiro atoms. The number of aromatic nitrogens is 2. The maximum absolute atomic E-state index is 15.8. The second kappa shape index (κ2) is 17.7. The van der Waals surface area contributed by atoms with E-state index >= 15 is 8.78 Å². The topological polar surface area (TPSA) is 135 Å². The van der Waals surface area contributed by atoms with E-state index < -0.39 is 22.6 Å². The lowest BCUT2D eigenvalue weighted by atomic mass is 9.79. The first-order chi connectivity index (χ1) is 24.6. The predicted molar refractivity (Wildman–Crippen MR) is 201 cm³/mol. The average Bonchev–Trinajstić information content (AvgIpc) is 3.12. The van der Waals surface area contributed by atoms with Crippen LogP contribution in [0.5, 0.6) is 0 Å². The van der Waals surface area contributed by atoms with Crippen molar-refractivity contribution in [2.45, 2.75) is 91.3 Å². The molecule has 4 rings (SSSR count). The molecular weight excluding hydrogens is 668 g/mol. The molecule has 52 heavy (non-hydrogen) atoms. The minimum Gasteiger partial charge on any atom is -0.373 e. The highest BCUT2D eigenvalue weighted by atomic mass is 19.1. The largest absolute Gasteiger partial charge is 0.373 e. The van der Waals surface area contributed by atoms with Crippen molar-refractivity contribution in [3.05, 3.63) is 41.7 Å². The summed E-state index contributed by atoms with van der Waals surface area (Å²) in [6, 6.07) is 4.39. The third-order valence-corrected chi connectivity index (χ3v) is 11.2. The van der Waals surface area contributed by atoms with E-state index in [4.69, 9.17) is 0 Å². The number of likely N-dealkylation sites (tertiary alicyclic amines) is 1. The van der Waals surface area contributed by atoms with Crippen molar-refractivity contribution >= 4 is 35.4 Å². The molecule has 4 N–H and O–H groups in total. The molecule has 12 nitrogen and oxygen atoms in total. The lowest BCUT2D eigenvalue weighted by Crippen LogP contribution is -2.58. The molecule has 14 heteroatoms. The van der Waals surface area contributed by atoms with Gasteiger partial charge in [0.2, 0.25) is 11.8 Å². The Bertz CT molecular complexity index is 1520. The van der Waals surface area contributed by atoms with Gasteiger partial charge in [-0.3, -0.25) is 14.5 Å². The molecule has 1 aromatic carbocycles. The van der Waals surface area contributed by atoms with Gasteiger partial charge in [-0.05, 0) is 70.6 Å². The first-order valence-corrected chi connectivity index (χ1v) is 18.5. The maximum Gasteiger partial charge on any atom is 0.226 e. The van der Waals surface area contributed by atoms with Crippen LogP contribution in [0.4, 0.5) is 26.1 Å². The van der Waals surface area contributed by atoms with Crippen LogP contribution in [0.1, 0.15) is 78.7 Å². The van der Waals surface area contributed by atoms with Gasteiger partial charge in [-0.15, -0.1) is 0 Å². The van der Waals surface area contributed by atoms with Crippen molar-refractivity contribution in [2.24, 2.45) is 10.8 Å².